The largest absolute Gasteiger partial charge is 0.455 e. The number of nitrogens with zero attached hydrogens (tertiary/aromatic N) is 3. The number of hydrogen-bond acceptors (Lipinski definition) is 4. The van der Waals surface area contributed by atoms with Crippen LogP contribution in [0, 0.1) is 0 Å². The van der Waals surface area contributed by atoms with E-state index in [1.165, 1.54) is 22.3 Å². The summed E-state index contributed by atoms with van der Waals surface area (Å²) in [6.07, 6.45) is 0. The van der Waals surface area contributed by atoms with Gasteiger partial charge in [0.1, 0.15) is 11.2 Å². The lowest BCUT2D eigenvalue weighted by Crippen LogP contribution is -2.15. The van der Waals surface area contributed by atoms with Gasteiger partial charge in [0.25, 0.3) is 0 Å². The Morgan fingerprint density at radius 1 is 0.480 bits per heavy atom. The number of rotatable bonds is 4. The molecule has 50 heavy (non-hydrogen) atoms. The molecule has 0 N–H and O–H groups in total. The Labute approximate surface area is 289 Å². The van der Waals surface area contributed by atoms with E-state index < -0.39 is 0 Å². The second kappa shape index (κ2) is 10.8. The maximum Gasteiger partial charge on any atom is 0.160 e. The average molecular weight is 642 g/mol. The molecule has 0 saturated heterocycles. The fraction of sp³-hybridized carbons (Fsp3) is 0.0652. The van der Waals surface area contributed by atoms with E-state index in [1.807, 2.05) is 30.3 Å². The summed E-state index contributed by atoms with van der Waals surface area (Å²) >= 11 is 0. The smallest absolute Gasteiger partial charge is 0.160 e. The number of pyridine rings is 1. The summed E-state index contributed by atoms with van der Waals surface area (Å²) in [5, 5.41) is 3.01. The zero-order chi connectivity index (χ0) is 33.4. The Kier molecular flexibility index (Phi) is 6.19. The van der Waals surface area contributed by atoms with Crippen molar-refractivity contribution in [2.24, 2.45) is 0 Å². The lowest BCUT2D eigenvalue weighted by Gasteiger charge is -2.21. The SMILES string of the molecule is CC1(C)c2ccccc2-c2ccc(-c3nc(-c4ccccc4)cc(-c4ccc5oc6c7ccccc7nc(-c7ccccc7)c6c5c4)n3)cc21. The van der Waals surface area contributed by atoms with Crippen molar-refractivity contribution in [1.82, 2.24) is 15.0 Å². The molecule has 0 fully saturated rings. The van der Waals surface area contributed by atoms with E-state index >= 15 is 0 Å². The third kappa shape index (κ3) is 4.35. The predicted octanol–water partition coefficient (Wildman–Crippen LogP) is 11.9. The van der Waals surface area contributed by atoms with E-state index in [-0.39, 0.29) is 5.41 Å². The molecular weight excluding hydrogens is 611 g/mol. The van der Waals surface area contributed by atoms with Gasteiger partial charge < -0.3 is 4.42 Å². The van der Waals surface area contributed by atoms with Gasteiger partial charge in [-0.15, -0.1) is 0 Å². The van der Waals surface area contributed by atoms with Crippen molar-refractivity contribution in [3.63, 3.8) is 0 Å². The number of para-hydroxylation sites is 1. The summed E-state index contributed by atoms with van der Waals surface area (Å²) in [5.41, 5.74) is 14.4. The first kappa shape index (κ1) is 28.6. The molecule has 236 valence electrons. The van der Waals surface area contributed by atoms with Crippen molar-refractivity contribution < 1.29 is 4.42 Å². The average Bonchev–Trinajstić information content (AvgIpc) is 3.67. The highest BCUT2D eigenvalue weighted by atomic mass is 16.3. The first-order valence-corrected chi connectivity index (χ1v) is 17.0. The number of fused-ring (bicyclic) bond motifs is 8. The Hall–Kier alpha value is -6.39. The van der Waals surface area contributed by atoms with Gasteiger partial charge in [-0.3, -0.25) is 0 Å². The summed E-state index contributed by atoms with van der Waals surface area (Å²) < 4.78 is 6.62. The summed E-state index contributed by atoms with van der Waals surface area (Å²) in [7, 11) is 0. The van der Waals surface area contributed by atoms with Crippen LogP contribution in [0.15, 0.2) is 156 Å². The van der Waals surface area contributed by atoms with Crippen LogP contribution in [0.5, 0.6) is 0 Å². The van der Waals surface area contributed by atoms with Crippen molar-refractivity contribution in [1.29, 1.82) is 0 Å². The van der Waals surface area contributed by atoms with Crippen LogP contribution in [0.25, 0.3) is 89.1 Å². The molecule has 0 saturated carbocycles. The molecule has 4 heteroatoms. The Bertz CT molecular complexity index is 2780. The fourth-order valence-corrected chi connectivity index (χ4v) is 7.75. The molecule has 1 aliphatic carbocycles. The van der Waals surface area contributed by atoms with Crippen LogP contribution >= 0.6 is 0 Å². The van der Waals surface area contributed by atoms with Crippen molar-refractivity contribution in [2.75, 3.05) is 0 Å². The van der Waals surface area contributed by atoms with Crippen molar-refractivity contribution >= 4 is 32.8 Å². The third-order valence-electron chi connectivity index (χ3n) is 10.3. The van der Waals surface area contributed by atoms with Crippen molar-refractivity contribution in [3.05, 3.63) is 163 Å². The molecule has 3 heterocycles. The quantitative estimate of drug-likeness (QED) is 0.192. The molecule has 9 aromatic rings. The van der Waals surface area contributed by atoms with Crippen LogP contribution in [-0.4, -0.2) is 15.0 Å². The second-order valence-electron chi connectivity index (χ2n) is 13.6. The fourth-order valence-electron chi connectivity index (χ4n) is 7.75. The third-order valence-corrected chi connectivity index (χ3v) is 10.3. The number of hydrogen-bond donors (Lipinski definition) is 0. The number of furan rings is 1. The molecule has 0 unspecified atom stereocenters. The topological polar surface area (TPSA) is 51.8 Å². The summed E-state index contributed by atoms with van der Waals surface area (Å²) in [5.74, 6) is 0.700. The van der Waals surface area contributed by atoms with Crippen LogP contribution in [0.4, 0.5) is 0 Å². The molecule has 4 nitrogen and oxygen atoms in total. The Balaban J connectivity index is 1.19. The normalized spacial score (nSPS) is 13.2. The molecule has 0 spiro atoms. The maximum absolute atomic E-state index is 6.62. The molecule has 3 aromatic heterocycles. The lowest BCUT2D eigenvalue weighted by atomic mass is 9.82. The van der Waals surface area contributed by atoms with E-state index in [4.69, 9.17) is 19.4 Å². The van der Waals surface area contributed by atoms with Crippen molar-refractivity contribution in [3.8, 4) is 56.3 Å². The second-order valence-corrected chi connectivity index (χ2v) is 13.6. The van der Waals surface area contributed by atoms with Crippen molar-refractivity contribution in [2.45, 2.75) is 19.3 Å². The molecule has 1 aliphatic rings. The molecule has 0 radical (unpaired) electrons. The maximum atomic E-state index is 6.62. The van der Waals surface area contributed by atoms with Crippen LogP contribution in [0.2, 0.25) is 0 Å². The van der Waals surface area contributed by atoms with E-state index in [9.17, 15) is 0 Å². The number of benzene rings is 6. The minimum Gasteiger partial charge on any atom is -0.455 e. The van der Waals surface area contributed by atoms with Gasteiger partial charge in [0.05, 0.1) is 28.0 Å². The van der Waals surface area contributed by atoms with Gasteiger partial charge in [-0.2, -0.15) is 0 Å². The molecule has 10 rings (SSSR count). The van der Waals surface area contributed by atoms with Crippen LogP contribution < -0.4 is 0 Å². The van der Waals surface area contributed by atoms with Crippen LogP contribution in [0.1, 0.15) is 25.0 Å². The van der Waals surface area contributed by atoms with Gasteiger partial charge in [0.15, 0.2) is 5.82 Å². The van der Waals surface area contributed by atoms with E-state index in [0.29, 0.717) is 5.82 Å². The highest BCUT2D eigenvalue weighted by Gasteiger charge is 2.35. The molecular formula is C46H31N3O. The molecule has 0 bridgehead atoms. The van der Waals surface area contributed by atoms with Gasteiger partial charge in [0.2, 0.25) is 0 Å². The van der Waals surface area contributed by atoms with Gasteiger partial charge in [0, 0.05) is 38.4 Å². The highest BCUT2D eigenvalue weighted by Crippen LogP contribution is 2.49. The lowest BCUT2D eigenvalue weighted by molar-refractivity contribution is 0.660. The van der Waals surface area contributed by atoms with E-state index in [0.717, 1.165) is 72.2 Å². The minimum absolute atomic E-state index is 0.121. The summed E-state index contributed by atoms with van der Waals surface area (Å²) in [4.78, 5) is 15.6. The van der Waals surface area contributed by atoms with E-state index in [2.05, 4.69) is 135 Å². The molecule has 0 amide bonds. The zero-order valence-electron chi connectivity index (χ0n) is 27.7. The monoisotopic (exact) mass is 641 g/mol. The first-order chi connectivity index (χ1) is 24.5. The van der Waals surface area contributed by atoms with Gasteiger partial charge in [-0.25, -0.2) is 15.0 Å². The first-order valence-electron chi connectivity index (χ1n) is 17.0. The van der Waals surface area contributed by atoms with Gasteiger partial charge in [-0.05, 0) is 64.7 Å². The number of aromatic nitrogens is 3. The van der Waals surface area contributed by atoms with Gasteiger partial charge in [-0.1, -0.05) is 123 Å². The standard InChI is InChI=1S/C46H31N3O/c1-46(2)36-19-11-9-17-32(36)33-23-21-31(26-37(33)46)45-48-39(28-13-5-3-6-14-28)27-40(49-45)30-22-24-41-35(25-30)42-43(29-15-7-4-8-16-29)47-38-20-12-10-18-34(38)44(42)50-41/h3-27H,1-2H3. The summed E-state index contributed by atoms with van der Waals surface area (Å²) in [6, 6.07) is 52.8. The Morgan fingerprint density at radius 2 is 1.14 bits per heavy atom. The predicted molar refractivity (Wildman–Crippen MR) is 204 cm³/mol. The highest BCUT2D eigenvalue weighted by molar-refractivity contribution is 6.19. The summed E-state index contributed by atoms with van der Waals surface area (Å²) in [6.45, 7) is 4.61. The minimum atomic E-state index is -0.121. The van der Waals surface area contributed by atoms with Crippen LogP contribution in [0.3, 0.4) is 0 Å². The molecule has 0 aliphatic heterocycles. The molecule has 6 aromatic carbocycles. The van der Waals surface area contributed by atoms with Crippen LogP contribution in [-0.2, 0) is 5.41 Å². The molecule has 0 atom stereocenters. The van der Waals surface area contributed by atoms with Gasteiger partial charge >= 0.3 is 0 Å². The van der Waals surface area contributed by atoms with E-state index in [1.54, 1.807) is 0 Å². The zero-order valence-corrected chi connectivity index (χ0v) is 27.7. The Morgan fingerprint density at radius 3 is 1.96 bits per heavy atom.